The molecule has 120 valence electrons. The summed E-state index contributed by atoms with van der Waals surface area (Å²) < 4.78 is 5.37. The van der Waals surface area contributed by atoms with Crippen LogP contribution in [0.3, 0.4) is 0 Å². The lowest BCUT2D eigenvalue weighted by Crippen LogP contribution is -2.56. The van der Waals surface area contributed by atoms with Crippen molar-refractivity contribution >= 4 is 12.0 Å². The Morgan fingerprint density at radius 3 is 2.64 bits per heavy atom. The first kappa shape index (κ1) is 16.3. The van der Waals surface area contributed by atoms with Crippen LogP contribution in [0.4, 0.5) is 4.79 Å². The minimum absolute atomic E-state index is 0.0483. The third kappa shape index (κ3) is 3.59. The second-order valence-corrected chi connectivity index (χ2v) is 6.20. The third-order valence-electron chi connectivity index (χ3n) is 3.98. The van der Waals surface area contributed by atoms with Gasteiger partial charge in [-0.1, -0.05) is 30.3 Å². The van der Waals surface area contributed by atoms with Gasteiger partial charge in [0.05, 0.1) is 0 Å². The molecule has 1 saturated heterocycles. The van der Waals surface area contributed by atoms with E-state index in [1.165, 1.54) is 0 Å². The van der Waals surface area contributed by atoms with Gasteiger partial charge in [-0.25, -0.2) is 4.79 Å². The van der Waals surface area contributed by atoms with Gasteiger partial charge in [-0.15, -0.1) is 0 Å². The minimum atomic E-state index is -0.821. The van der Waals surface area contributed by atoms with E-state index in [0.29, 0.717) is 13.0 Å². The van der Waals surface area contributed by atoms with Crippen LogP contribution in [0.1, 0.15) is 39.2 Å². The largest absolute Gasteiger partial charge is 0.445 e. The maximum absolute atomic E-state index is 12.4. The second kappa shape index (κ2) is 6.81. The number of ether oxygens (including phenoxy) is 1. The van der Waals surface area contributed by atoms with Crippen LogP contribution in [-0.2, 0) is 16.1 Å². The zero-order valence-electron chi connectivity index (χ0n) is 13.5. The number of amides is 2. The summed E-state index contributed by atoms with van der Waals surface area (Å²) in [6.07, 6.45) is 1.04. The molecule has 0 bridgehead atoms. The fourth-order valence-corrected chi connectivity index (χ4v) is 2.71. The summed E-state index contributed by atoms with van der Waals surface area (Å²) in [7, 11) is 0. The van der Waals surface area contributed by atoms with Crippen LogP contribution < -0.4 is 5.32 Å². The molecular formula is C17H24N2O3. The van der Waals surface area contributed by atoms with Crippen LogP contribution in [0, 0.1) is 0 Å². The zero-order valence-corrected chi connectivity index (χ0v) is 13.5. The van der Waals surface area contributed by atoms with E-state index in [-0.39, 0.29) is 18.6 Å². The molecule has 1 atom stereocenters. The molecule has 0 saturated carbocycles. The van der Waals surface area contributed by atoms with Crippen molar-refractivity contribution in [2.75, 3.05) is 6.54 Å². The van der Waals surface area contributed by atoms with Gasteiger partial charge in [0, 0.05) is 12.6 Å². The Kier molecular flexibility index (Phi) is 5.06. The number of carbonyl (C=O) groups excluding carboxylic acids is 2. The van der Waals surface area contributed by atoms with Crippen molar-refractivity contribution < 1.29 is 14.3 Å². The number of rotatable bonds is 4. The van der Waals surface area contributed by atoms with Crippen molar-refractivity contribution in [2.45, 2.75) is 51.8 Å². The fourth-order valence-electron chi connectivity index (χ4n) is 2.71. The van der Waals surface area contributed by atoms with E-state index in [1.54, 1.807) is 4.90 Å². The average molecular weight is 304 g/mol. The smallest absolute Gasteiger partial charge is 0.410 e. The summed E-state index contributed by atoms with van der Waals surface area (Å²) in [6.45, 7) is 6.40. The number of nitrogens with zero attached hydrogens (tertiary/aromatic N) is 1. The first-order valence-electron chi connectivity index (χ1n) is 7.73. The van der Waals surface area contributed by atoms with Gasteiger partial charge in [0.2, 0.25) is 5.91 Å². The van der Waals surface area contributed by atoms with E-state index in [0.717, 1.165) is 12.0 Å². The van der Waals surface area contributed by atoms with Gasteiger partial charge in [0.25, 0.3) is 0 Å². The Morgan fingerprint density at radius 2 is 2.00 bits per heavy atom. The quantitative estimate of drug-likeness (QED) is 0.930. The molecule has 2 amide bonds. The molecular weight excluding hydrogens is 280 g/mol. The molecule has 1 aromatic carbocycles. The second-order valence-electron chi connectivity index (χ2n) is 6.20. The van der Waals surface area contributed by atoms with Crippen molar-refractivity contribution in [3.63, 3.8) is 0 Å². The summed E-state index contributed by atoms with van der Waals surface area (Å²) in [5.41, 5.74) is 0.112. The Morgan fingerprint density at radius 1 is 1.32 bits per heavy atom. The highest BCUT2D eigenvalue weighted by Crippen LogP contribution is 2.30. The van der Waals surface area contributed by atoms with E-state index in [4.69, 9.17) is 4.74 Å². The van der Waals surface area contributed by atoms with Gasteiger partial charge in [0.1, 0.15) is 12.1 Å². The van der Waals surface area contributed by atoms with Crippen LogP contribution in [-0.4, -0.2) is 35.0 Å². The first-order chi connectivity index (χ1) is 10.4. The summed E-state index contributed by atoms with van der Waals surface area (Å²) in [5.74, 6) is -0.114. The van der Waals surface area contributed by atoms with E-state index >= 15 is 0 Å². The van der Waals surface area contributed by atoms with Crippen LogP contribution in [0.2, 0.25) is 0 Å². The maximum Gasteiger partial charge on any atom is 0.410 e. The summed E-state index contributed by atoms with van der Waals surface area (Å²) >= 11 is 0. The van der Waals surface area contributed by atoms with Gasteiger partial charge in [-0.2, -0.15) is 0 Å². The molecule has 1 N–H and O–H groups in total. The molecule has 0 aliphatic carbocycles. The van der Waals surface area contributed by atoms with E-state index in [2.05, 4.69) is 5.32 Å². The molecule has 1 aliphatic rings. The Hall–Kier alpha value is -2.04. The highest BCUT2D eigenvalue weighted by Gasteiger charge is 2.46. The highest BCUT2D eigenvalue weighted by atomic mass is 16.6. The first-order valence-corrected chi connectivity index (χ1v) is 7.73. The predicted octanol–water partition coefficient (Wildman–Crippen LogP) is 2.70. The number of benzene rings is 1. The topological polar surface area (TPSA) is 58.6 Å². The van der Waals surface area contributed by atoms with E-state index in [9.17, 15) is 9.59 Å². The van der Waals surface area contributed by atoms with E-state index < -0.39 is 11.6 Å². The van der Waals surface area contributed by atoms with Crippen molar-refractivity contribution in [2.24, 2.45) is 0 Å². The van der Waals surface area contributed by atoms with Gasteiger partial charge >= 0.3 is 6.09 Å². The zero-order chi connectivity index (χ0) is 16.2. The Labute approximate surface area is 131 Å². The van der Waals surface area contributed by atoms with Gasteiger partial charge in [-0.05, 0) is 39.2 Å². The molecule has 5 nitrogen and oxygen atoms in total. The lowest BCUT2D eigenvalue weighted by molar-refractivity contribution is -0.130. The van der Waals surface area contributed by atoms with Crippen molar-refractivity contribution in [3.05, 3.63) is 35.9 Å². The summed E-state index contributed by atoms with van der Waals surface area (Å²) in [4.78, 5) is 26.3. The lowest BCUT2D eigenvalue weighted by Gasteiger charge is -2.33. The molecule has 1 aliphatic heterocycles. The average Bonchev–Trinajstić information content (AvgIpc) is 2.88. The summed E-state index contributed by atoms with van der Waals surface area (Å²) in [6, 6.07) is 9.58. The molecule has 22 heavy (non-hydrogen) atoms. The number of likely N-dealkylation sites (tertiary alicyclic amines) is 1. The molecule has 1 heterocycles. The van der Waals surface area contributed by atoms with Crippen molar-refractivity contribution in [3.8, 4) is 0 Å². The Balaban J connectivity index is 2.00. The normalized spacial score (nSPS) is 21.0. The van der Waals surface area contributed by atoms with Crippen LogP contribution in [0.15, 0.2) is 30.3 Å². The number of hydrogen-bond donors (Lipinski definition) is 1. The van der Waals surface area contributed by atoms with E-state index in [1.807, 2.05) is 51.1 Å². The number of nitrogens with one attached hydrogen (secondary N) is 1. The monoisotopic (exact) mass is 304 g/mol. The molecule has 1 unspecified atom stereocenters. The number of carbonyl (C=O) groups is 2. The third-order valence-corrected chi connectivity index (χ3v) is 3.98. The minimum Gasteiger partial charge on any atom is -0.445 e. The predicted molar refractivity (Wildman–Crippen MR) is 84.3 cm³/mol. The molecule has 0 aromatic heterocycles. The molecule has 0 radical (unpaired) electrons. The molecule has 1 fully saturated rings. The molecule has 0 spiro atoms. The molecule has 2 rings (SSSR count). The summed E-state index contributed by atoms with van der Waals surface area (Å²) in [5, 5.41) is 2.90. The van der Waals surface area contributed by atoms with Crippen LogP contribution in [0.5, 0.6) is 0 Å². The van der Waals surface area contributed by atoms with Crippen molar-refractivity contribution in [1.82, 2.24) is 10.2 Å². The highest BCUT2D eigenvalue weighted by molar-refractivity contribution is 5.90. The number of hydrogen-bond acceptors (Lipinski definition) is 3. The van der Waals surface area contributed by atoms with Gasteiger partial charge in [0.15, 0.2) is 0 Å². The van der Waals surface area contributed by atoms with Gasteiger partial charge < -0.3 is 10.1 Å². The lowest BCUT2D eigenvalue weighted by atomic mass is 9.97. The molecule has 5 heteroatoms. The standard InChI is InChI=1S/C17H24N2O3/c1-13(2)18-15(20)17(3)10-7-11-19(17)16(21)22-12-14-8-5-4-6-9-14/h4-6,8-9,13H,7,10-12H2,1-3H3,(H,18,20). The van der Waals surface area contributed by atoms with Crippen LogP contribution >= 0.6 is 0 Å². The van der Waals surface area contributed by atoms with Crippen molar-refractivity contribution in [1.29, 1.82) is 0 Å². The van der Waals surface area contributed by atoms with Gasteiger partial charge in [-0.3, -0.25) is 9.69 Å². The SMILES string of the molecule is CC(C)NC(=O)C1(C)CCCN1C(=O)OCc1ccccc1. The molecule has 1 aromatic rings. The maximum atomic E-state index is 12.4. The van der Waals surface area contributed by atoms with Crippen LogP contribution in [0.25, 0.3) is 0 Å². The fraction of sp³-hybridized carbons (Fsp3) is 0.529. The Bertz CT molecular complexity index is 530.